The van der Waals surface area contributed by atoms with Crippen molar-refractivity contribution in [2.45, 2.75) is 18.9 Å². The summed E-state index contributed by atoms with van der Waals surface area (Å²) in [4.78, 5) is 21.5. The Morgan fingerprint density at radius 1 is 1.12 bits per heavy atom. The molecule has 1 fully saturated rings. The third-order valence-electron chi connectivity index (χ3n) is 5.36. The first-order valence-corrected chi connectivity index (χ1v) is 12.0. The lowest BCUT2D eigenvalue weighted by atomic mass is 10.1. The maximum absolute atomic E-state index is 12.3. The van der Waals surface area contributed by atoms with Gasteiger partial charge in [-0.2, -0.15) is 0 Å². The van der Waals surface area contributed by atoms with Crippen LogP contribution in [0.3, 0.4) is 0 Å². The minimum absolute atomic E-state index is 0.0619. The lowest BCUT2D eigenvalue weighted by Gasteiger charge is -2.11. The number of aromatic nitrogens is 3. The number of rotatable bonds is 7. The molecule has 2 heterocycles. The Kier molecular flexibility index (Phi) is 5.03. The fraction of sp³-hybridized carbons (Fsp3) is 0.227. The van der Waals surface area contributed by atoms with Crippen LogP contribution in [-0.4, -0.2) is 47.0 Å². The highest BCUT2D eigenvalue weighted by molar-refractivity contribution is 7.89. The highest BCUT2D eigenvalue weighted by atomic mass is 32.2. The third kappa shape index (κ3) is 4.14. The second kappa shape index (κ2) is 7.88. The van der Waals surface area contributed by atoms with Crippen LogP contribution in [0.4, 0.5) is 5.82 Å². The number of anilines is 1. The summed E-state index contributed by atoms with van der Waals surface area (Å²) in [6, 6.07) is 15.4. The highest BCUT2D eigenvalue weighted by Crippen LogP contribution is 2.28. The molecular weight excluding hydrogens is 428 g/mol. The molecule has 32 heavy (non-hydrogen) atoms. The molecule has 0 bridgehead atoms. The Morgan fingerprint density at radius 3 is 2.59 bits per heavy atom. The molecule has 9 nitrogen and oxygen atoms in total. The zero-order chi connectivity index (χ0) is 22.3. The Bertz CT molecular complexity index is 1430. The number of nitrogens with two attached hydrogens (primary N) is 1. The van der Waals surface area contributed by atoms with Crippen molar-refractivity contribution < 1.29 is 13.2 Å². The van der Waals surface area contributed by atoms with Crippen molar-refractivity contribution in [2.24, 2.45) is 5.14 Å². The summed E-state index contributed by atoms with van der Waals surface area (Å²) in [7, 11) is -3.59. The van der Waals surface area contributed by atoms with Crippen LogP contribution in [0.2, 0.25) is 0 Å². The van der Waals surface area contributed by atoms with Gasteiger partial charge in [0.25, 0.3) is 5.91 Å². The van der Waals surface area contributed by atoms with E-state index in [1.54, 1.807) is 18.3 Å². The van der Waals surface area contributed by atoms with Crippen molar-refractivity contribution in [3.05, 3.63) is 60.3 Å². The quantitative estimate of drug-likeness (QED) is 0.395. The van der Waals surface area contributed by atoms with Gasteiger partial charge in [-0.15, -0.1) is 0 Å². The molecule has 1 saturated carbocycles. The summed E-state index contributed by atoms with van der Waals surface area (Å²) < 4.78 is 24.6. The number of benzene rings is 2. The molecule has 164 valence electrons. The Morgan fingerprint density at radius 2 is 1.88 bits per heavy atom. The van der Waals surface area contributed by atoms with Crippen molar-refractivity contribution in [1.82, 2.24) is 19.7 Å². The number of sulfonamides is 1. The van der Waals surface area contributed by atoms with Gasteiger partial charge in [0.05, 0.1) is 28.7 Å². The normalized spacial score (nSPS) is 14.0. The number of nitrogens with one attached hydrogen (secondary N) is 2. The van der Waals surface area contributed by atoms with Gasteiger partial charge in [-0.3, -0.25) is 9.20 Å². The van der Waals surface area contributed by atoms with Gasteiger partial charge in [0.1, 0.15) is 0 Å². The number of para-hydroxylation sites is 2. The summed E-state index contributed by atoms with van der Waals surface area (Å²) >= 11 is 0. The molecule has 1 aliphatic carbocycles. The number of fused-ring (bicyclic) bond motifs is 3. The van der Waals surface area contributed by atoms with Crippen LogP contribution < -0.4 is 15.8 Å². The van der Waals surface area contributed by atoms with Crippen molar-refractivity contribution in [2.75, 3.05) is 17.6 Å². The monoisotopic (exact) mass is 450 g/mol. The number of carbonyl (C=O) groups excluding carboxylic acids is 1. The van der Waals surface area contributed by atoms with Crippen LogP contribution in [0.1, 0.15) is 23.2 Å². The molecule has 0 saturated heterocycles. The van der Waals surface area contributed by atoms with Crippen LogP contribution in [0.15, 0.2) is 54.7 Å². The van der Waals surface area contributed by atoms with E-state index in [4.69, 9.17) is 5.14 Å². The maximum Gasteiger partial charge on any atom is 0.251 e. The molecule has 4 N–H and O–H groups in total. The Labute approximate surface area is 184 Å². The predicted octanol–water partition coefficient (Wildman–Crippen LogP) is 2.14. The average Bonchev–Trinajstić information content (AvgIpc) is 3.46. The molecule has 1 aliphatic rings. The first-order valence-electron chi connectivity index (χ1n) is 10.3. The van der Waals surface area contributed by atoms with E-state index in [2.05, 4.69) is 20.6 Å². The zero-order valence-corrected chi connectivity index (χ0v) is 18.0. The van der Waals surface area contributed by atoms with Crippen molar-refractivity contribution in [1.29, 1.82) is 0 Å². The molecule has 0 aliphatic heterocycles. The van der Waals surface area contributed by atoms with Crippen molar-refractivity contribution in [3.8, 4) is 11.3 Å². The molecule has 2 aromatic heterocycles. The van der Waals surface area contributed by atoms with Crippen LogP contribution in [0.5, 0.6) is 0 Å². The van der Waals surface area contributed by atoms with E-state index >= 15 is 0 Å². The maximum atomic E-state index is 12.3. The molecule has 0 unspecified atom stereocenters. The standard InChI is InChI=1S/C22H22N6O3S/c23-32(30,31)12-11-24-20-21-25-13-19(28(21)18-4-2-1-3-17(18)27-20)14-5-7-15(8-6-14)22(29)26-16-9-10-16/h1-8,13,16H,9-12H2,(H,24,27)(H,26,29)(H2,23,30,31). The number of amides is 1. The molecule has 0 atom stereocenters. The van der Waals surface area contributed by atoms with Gasteiger partial charge >= 0.3 is 0 Å². The lowest BCUT2D eigenvalue weighted by Crippen LogP contribution is -2.25. The molecule has 10 heteroatoms. The van der Waals surface area contributed by atoms with Gasteiger partial charge in [0, 0.05) is 23.7 Å². The first kappa shape index (κ1) is 20.4. The van der Waals surface area contributed by atoms with E-state index in [9.17, 15) is 13.2 Å². The van der Waals surface area contributed by atoms with Gasteiger partial charge in [0.2, 0.25) is 10.0 Å². The van der Waals surface area contributed by atoms with Crippen LogP contribution >= 0.6 is 0 Å². The average molecular weight is 451 g/mol. The van der Waals surface area contributed by atoms with Crippen LogP contribution in [0, 0.1) is 0 Å². The van der Waals surface area contributed by atoms with Crippen molar-refractivity contribution in [3.63, 3.8) is 0 Å². The fourth-order valence-electron chi connectivity index (χ4n) is 3.60. The highest BCUT2D eigenvalue weighted by Gasteiger charge is 2.24. The van der Waals surface area contributed by atoms with Gasteiger partial charge in [-0.05, 0) is 37.1 Å². The van der Waals surface area contributed by atoms with Gasteiger partial charge in [-0.1, -0.05) is 24.3 Å². The Balaban J connectivity index is 1.54. The predicted molar refractivity (Wildman–Crippen MR) is 123 cm³/mol. The van der Waals surface area contributed by atoms with E-state index < -0.39 is 10.0 Å². The summed E-state index contributed by atoms with van der Waals surface area (Å²) in [6.45, 7) is 0.118. The molecule has 1 amide bonds. The van der Waals surface area contributed by atoms with Crippen LogP contribution in [0.25, 0.3) is 27.9 Å². The Hall–Kier alpha value is -3.50. The number of primary sulfonamides is 1. The topological polar surface area (TPSA) is 131 Å². The number of imidazole rings is 1. The molecule has 5 rings (SSSR count). The number of nitrogens with zero attached hydrogens (tertiary/aromatic N) is 3. The third-order valence-corrected chi connectivity index (χ3v) is 6.14. The van der Waals surface area contributed by atoms with Gasteiger partial charge < -0.3 is 10.6 Å². The van der Waals surface area contributed by atoms with E-state index in [0.717, 1.165) is 35.1 Å². The SMILES string of the molecule is NS(=O)(=O)CCNc1nc2ccccc2n2c(-c3ccc(C(=O)NC4CC4)cc3)cnc12. The second-order valence-corrected chi connectivity index (χ2v) is 9.60. The van der Waals surface area contributed by atoms with E-state index in [-0.39, 0.29) is 18.2 Å². The molecule has 2 aromatic carbocycles. The van der Waals surface area contributed by atoms with Crippen molar-refractivity contribution >= 4 is 38.4 Å². The summed E-state index contributed by atoms with van der Waals surface area (Å²) in [6.07, 6.45) is 3.83. The second-order valence-electron chi connectivity index (χ2n) is 7.87. The number of hydrogen-bond acceptors (Lipinski definition) is 6. The number of carbonyl (C=O) groups is 1. The van der Waals surface area contributed by atoms with E-state index in [0.29, 0.717) is 23.1 Å². The van der Waals surface area contributed by atoms with Gasteiger partial charge in [-0.25, -0.2) is 23.5 Å². The minimum Gasteiger partial charge on any atom is -0.366 e. The molecular formula is C22H22N6O3S. The molecule has 0 spiro atoms. The zero-order valence-electron chi connectivity index (χ0n) is 17.2. The first-order chi connectivity index (χ1) is 15.4. The van der Waals surface area contributed by atoms with E-state index in [1.807, 2.05) is 40.8 Å². The lowest BCUT2D eigenvalue weighted by molar-refractivity contribution is 0.0951. The van der Waals surface area contributed by atoms with Crippen LogP contribution in [-0.2, 0) is 10.0 Å². The summed E-state index contributed by atoms with van der Waals surface area (Å²) in [5.41, 5.74) is 4.52. The molecule has 4 aromatic rings. The summed E-state index contributed by atoms with van der Waals surface area (Å²) in [5, 5.41) is 11.1. The van der Waals surface area contributed by atoms with E-state index in [1.165, 1.54) is 0 Å². The summed E-state index contributed by atoms with van der Waals surface area (Å²) in [5.74, 6) is 0.193. The fourth-order valence-corrected chi connectivity index (χ4v) is 3.99. The molecule has 0 radical (unpaired) electrons. The smallest absolute Gasteiger partial charge is 0.251 e. The van der Waals surface area contributed by atoms with Gasteiger partial charge in [0.15, 0.2) is 11.5 Å². The number of hydrogen-bond donors (Lipinski definition) is 3. The largest absolute Gasteiger partial charge is 0.366 e. The minimum atomic E-state index is -3.59.